The zero-order chi connectivity index (χ0) is 24.1. The fourth-order valence-corrected chi connectivity index (χ4v) is 8.06. The van der Waals surface area contributed by atoms with Gasteiger partial charge in [0.25, 0.3) is 10.0 Å². The second kappa shape index (κ2) is 10.7. The van der Waals surface area contributed by atoms with Crippen LogP contribution in [0.5, 0.6) is 0 Å². The Kier molecular flexibility index (Phi) is 8.79. The maximum absolute atomic E-state index is 12.7. The highest BCUT2D eigenvalue weighted by molar-refractivity contribution is 7.95. The molecule has 2 heterocycles. The molecule has 2 N–H and O–H groups in total. The van der Waals surface area contributed by atoms with Gasteiger partial charge in [-0.25, -0.2) is 26.4 Å². The highest BCUT2D eigenvalue weighted by Gasteiger charge is 2.39. The van der Waals surface area contributed by atoms with Crippen molar-refractivity contribution in [3.63, 3.8) is 0 Å². The fourth-order valence-electron chi connectivity index (χ4n) is 3.04. The molecule has 0 saturated heterocycles. The average molecular weight is 511 g/mol. The van der Waals surface area contributed by atoms with Gasteiger partial charge < -0.3 is 14.8 Å². The summed E-state index contributed by atoms with van der Waals surface area (Å²) in [5.41, 5.74) is 0.391. The number of nitrogens with one attached hydrogen (secondary N) is 2. The molecule has 0 bridgehead atoms. The summed E-state index contributed by atoms with van der Waals surface area (Å²) < 4.78 is 61.5. The molecule has 0 aliphatic carbocycles. The molecule has 2 atom stereocenters. The number of sulfonamides is 1. The fraction of sp³-hybridized carbons (Fsp3) is 0.611. The Morgan fingerprint density at radius 3 is 2.56 bits per heavy atom. The number of thiophene rings is 1. The van der Waals surface area contributed by atoms with Gasteiger partial charge >= 0.3 is 11.9 Å². The summed E-state index contributed by atoms with van der Waals surface area (Å²) in [6, 6.07) is 0.995. The van der Waals surface area contributed by atoms with Crippen LogP contribution in [0.3, 0.4) is 0 Å². The van der Waals surface area contributed by atoms with E-state index >= 15 is 0 Å². The molecule has 0 spiro atoms. The molecule has 0 fully saturated rings. The lowest BCUT2D eigenvalue weighted by molar-refractivity contribution is -0.157. The van der Waals surface area contributed by atoms with E-state index in [4.69, 9.17) is 4.74 Å². The molecule has 1 aliphatic rings. The van der Waals surface area contributed by atoms with Crippen LogP contribution in [-0.4, -0.2) is 59.7 Å². The topological polar surface area (TPSA) is 162 Å². The maximum Gasteiger partial charge on any atom is 0.344 e. The number of carbonyl (C=O) groups is 3. The zero-order valence-electron chi connectivity index (χ0n) is 17.9. The minimum absolute atomic E-state index is 0.00489. The first-order chi connectivity index (χ1) is 14.9. The highest BCUT2D eigenvalue weighted by atomic mass is 32.3. The molecule has 32 heavy (non-hydrogen) atoms. The van der Waals surface area contributed by atoms with Crippen LogP contribution in [0.2, 0.25) is 0 Å². The number of hydrogen-bond acceptors (Lipinski definition) is 11. The molecular formula is C18H26N2O9S3. The summed E-state index contributed by atoms with van der Waals surface area (Å²) in [5.74, 6) is -2.25. The van der Waals surface area contributed by atoms with Crippen LogP contribution < -0.4 is 10.0 Å². The summed E-state index contributed by atoms with van der Waals surface area (Å²) >= 11 is 0.623. The Labute approximate surface area is 190 Å². The maximum atomic E-state index is 12.7. The van der Waals surface area contributed by atoms with E-state index in [0.717, 1.165) is 6.92 Å². The quantitative estimate of drug-likeness (QED) is 0.338. The van der Waals surface area contributed by atoms with Crippen molar-refractivity contribution in [2.45, 2.75) is 59.7 Å². The summed E-state index contributed by atoms with van der Waals surface area (Å²) in [7, 11) is -7.92. The molecular weight excluding hydrogens is 484 g/mol. The van der Waals surface area contributed by atoms with Gasteiger partial charge in [-0.3, -0.25) is 9.59 Å². The lowest BCUT2D eigenvalue weighted by Crippen LogP contribution is -2.33. The molecule has 1 aromatic rings. The van der Waals surface area contributed by atoms with Crippen LogP contribution >= 0.6 is 11.3 Å². The van der Waals surface area contributed by atoms with Crippen molar-refractivity contribution in [1.29, 1.82) is 0 Å². The van der Waals surface area contributed by atoms with E-state index in [1.807, 2.05) is 11.6 Å². The van der Waals surface area contributed by atoms with Crippen molar-refractivity contribution in [2.24, 2.45) is 0 Å². The van der Waals surface area contributed by atoms with Crippen LogP contribution in [0, 0.1) is 0 Å². The largest absolute Gasteiger partial charge is 0.463 e. The van der Waals surface area contributed by atoms with Crippen molar-refractivity contribution in [3.8, 4) is 0 Å². The third-order valence-electron chi connectivity index (χ3n) is 4.60. The third kappa shape index (κ3) is 6.49. The molecule has 0 unspecified atom stereocenters. The van der Waals surface area contributed by atoms with Crippen LogP contribution in [0.4, 0.5) is 0 Å². The van der Waals surface area contributed by atoms with Gasteiger partial charge in [-0.2, -0.15) is 0 Å². The van der Waals surface area contributed by atoms with Crippen LogP contribution in [0.25, 0.3) is 0 Å². The first kappa shape index (κ1) is 26.2. The third-order valence-corrected chi connectivity index (χ3v) is 10.3. The van der Waals surface area contributed by atoms with Gasteiger partial charge in [-0.05, 0) is 32.4 Å². The molecule has 1 aliphatic heterocycles. The number of esters is 2. The normalized spacial score (nSPS) is 19.6. The summed E-state index contributed by atoms with van der Waals surface area (Å²) in [4.78, 5) is 34.0. The number of amides is 1. The van der Waals surface area contributed by atoms with E-state index < -0.39 is 49.6 Å². The predicted octanol–water partition coefficient (Wildman–Crippen LogP) is 0.656. The standard InChI is InChI=1S/C18H26N2O9S3/c1-4-19-14-8-11(2)31(24,25)18-13(14)9-17(30-18)32(26,27)20-15(22)6-5-7-28-16(23)10-29-12(3)21/h9,11,14,19H,4-8,10H2,1-3H3,(H,20,22)/t11-,14-/m0/s1. The Bertz CT molecular complexity index is 1080. The minimum Gasteiger partial charge on any atom is -0.463 e. The summed E-state index contributed by atoms with van der Waals surface area (Å²) in [6.07, 6.45) is 0.116. The van der Waals surface area contributed by atoms with Crippen molar-refractivity contribution in [3.05, 3.63) is 11.6 Å². The molecule has 0 radical (unpaired) electrons. The molecule has 11 nitrogen and oxygen atoms in total. The average Bonchev–Trinajstić information content (AvgIpc) is 3.16. The SMILES string of the molecule is CCN[C@H]1C[C@H](C)S(=O)(=O)c2sc(S(=O)(=O)NC(=O)CCCOC(=O)COC(C)=O)cc21. The van der Waals surface area contributed by atoms with Crippen LogP contribution in [0.1, 0.15) is 51.6 Å². The molecule has 2 rings (SSSR count). The van der Waals surface area contributed by atoms with Crippen LogP contribution in [0.15, 0.2) is 14.5 Å². The number of carbonyl (C=O) groups excluding carboxylic acids is 3. The van der Waals surface area contributed by atoms with Gasteiger partial charge in [-0.1, -0.05) is 6.92 Å². The lowest BCUT2D eigenvalue weighted by Gasteiger charge is -2.27. The van der Waals surface area contributed by atoms with E-state index in [9.17, 15) is 31.2 Å². The highest BCUT2D eigenvalue weighted by Crippen LogP contribution is 2.42. The predicted molar refractivity (Wildman–Crippen MR) is 114 cm³/mol. The Hall–Kier alpha value is -2.03. The van der Waals surface area contributed by atoms with Gasteiger partial charge in [0.05, 0.1) is 11.9 Å². The van der Waals surface area contributed by atoms with Gasteiger partial charge in [0.1, 0.15) is 8.42 Å². The first-order valence-electron chi connectivity index (χ1n) is 9.84. The first-order valence-corrected chi connectivity index (χ1v) is 13.7. The Morgan fingerprint density at radius 1 is 1.25 bits per heavy atom. The second-order valence-corrected chi connectivity index (χ2v) is 12.7. The molecule has 180 valence electrons. The van der Waals surface area contributed by atoms with Crippen LogP contribution in [-0.2, 0) is 43.7 Å². The Morgan fingerprint density at radius 2 is 1.94 bits per heavy atom. The van der Waals surface area contributed by atoms with E-state index in [1.54, 1.807) is 6.92 Å². The van der Waals surface area contributed by atoms with E-state index in [1.165, 1.54) is 6.07 Å². The van der Waals surface area contributed by atoms with Crippen molar-refractivity contribution in [2.75, 3.05) is 19.8 Å². The van der Waals surface area contributed by atoms with Gasteiger partial charge in [0.15, 0.2) is 16.4 Å². The van der Waals surface area contributed by atoms with E-state index in [2.05, 4.69) is 10.1 Å². The van der Waals surface area contributed by atoms with Gasteiger partial charge in [0, 0.05) is 24.9 Å². The molecule has 1 aromatic heterocycles. The van der Waals surface area contributed by atoms with Crippen molar-refractivity contribution in [1.82, 2.24) is 10.0 Å². The molecule has 0 aromatic carbocycles. The lowest BCUT2D eigenvalue weighted by atomic mass is 10.1. The number of ether oxygens (including phenoxy) is 2. The Balaban J connectivity index is 2.01. The van der Waals surface area contributed by atoms with Gasteiger partial charge in [0.2, 0.25) is 5.91 Å². The van der Waals surface area contributed by atoms with Crippen molar-refractivity contribution >= 4 is 49.0 Å². The van der Waals surface area contributed by atoms with E-state index in [-0.39, 0.29) is 33.9 Å². The molecule has 1 amide bonds. The smallest absolute Gasteiger partial charge is 0.344 e. The van der Waals surface area contributed by atoms with Crippen molar-refractivity contribution < 1.29 is 40.7 Å². The monoisotopic (exact) mass is 510 g/mol. The molecule has 0 saturated carbocycles. The number of sulfone groups is 1. The zero-order valence-corrected chi connectivity index (χ0v) is 20.3. The molecule has 14 heteroatoms. The number of hydrogen-bond donors (Lipinski definition) is 2. The second-order valence-electron chi connectivity index (χ2n) is 7.14. The minimum atomic E-state index is -4.27. The number of fused-ring (bicyclic) bond motifs is 1. The van der Waals surface area contributed by atoms with Gasteiger partial charge in [-0.15, -0.1) is 11.3 Å². The summed E-state index contributed by atoms with van der Waals surface area (Å²) in [5, 5.41) is 2.50. The summed E-state index contributed by atoms with van der Waals surface area (Å²) in [6.45, 7) is 4.45. The number of rotatable bonds is 10. The van der Waals surface area contributed by atoms with E-state index in [0.29, 0.717) is 29.9 Å².